The van der Waals surface area contributed by atoms with Gasteiger partial charge < -0.3 is 18.8 Å². The third-order valence-electron chi connectivity index (χ3n) is 5.80. The molecule has 0 spiro atoms. The van der Waals surface area contributed by atoms with Crippen LogP contribution in [-0.2, 0) is 16.0 Å². The highest BCUT2D eigenvalue weighted by Gasteiger charge is 2.26. The van der Waals surface area contributed by atoms with E-state index in [0.717, 1.165) is 35.0 Å². The number of hydrogen-bond donors (Lipinski definition) is 0. The molecule has 0 amide bonds. The summed E-state index contributed by atoms with van der Waals surface area (Å²) in [6, 6.07) is 18.2. The van der Waals surface area contributed by atoms with Gasteiger partial charge in [0.2, 0.25) is 0 Å². The number of aromatic nitrogens is 1. The van der Waals surface area contributed by atoms with E-state index < -0.39 is 4.92 Å². The van der Waals surface area contributed by atoms with Crippen LogP contribution in [0.5, 0.6) is 5.75 Å². The lowest BCUT2D eigenvalue weighted by Crippen LogP contribution is -2.05. The third kappa shape index (κ3) is 4.04. The number of non-ortho nitro benzene ring substituents is 1. The predicted octanol–water partition coefficient (Wildman–Crippen LogP) is 5.29. The van der Waals surface area contributed by atoms with E-state index in [1.165, 1.54) is 12.1 Å². The number of rotatable bonds is 8. The maximum absolute atomic E-state index is 10.9. The van der Waals surface area contributed by atoms with Crippen molar-refractivity contribution in [1.29, 1.82) is 0 Å². The van der Waals surface area contributed by atoms with Crippen LogP contribution >= 0.6 is 0 Å². The first kappa shape index (κ1) is 19.8. The molecule has 2 aliphatic rings. The molecule has 2 unspecified atom stereocenters. The number of benzene rings is 3. The maximum Gasteiger partial charge on any atom is 0.269 e. The minimum Gasteiger partial charge on any atom is -0.488 e. The van der Waals surface area contributed by atoms with E-state index in [1.54, 1.807) is 12.1 Å². The Bertz CT molecular complexity index is 1390. The Hall–Kier alpha value is -3.82. The second-order valence-electron chi connectivity index (χ2n) is 8.16. The molecular formula is C24H20N4O5. The zero-order valence-electron chi connectivity index (χ0n) is 17.6. The Morgan fingerprint density at radius 1 is 0.970 bits per heavy atom. The molecule has 2 fully saturated rings. The van der Waals surface area contributed by atoms with Crippen molar-refractivity contribution in [2.24, 2.45) is 10.2 Å². The third-order valence-corrected chi connectivity index (χ3v) is 5.80. The summed E-state index contributed by atoms with van der Waals surface area (Å²) in [5.41, 5.74) is 3.30. The van der Waals surface area contributed by atoms with Gasteiger partial charge >= 0.3 is 0 Å². The van der Waals surface area contributed by atoms with Gasteiger partial charge in [0.25, 0.3) is 5.69 Å². The van der Waals surface area contributed by atoms with Crippen LogP contribution in [0.3, 0.4) is 0 Å². The van der Waals surface area contributed by atoms with E-state index in [9.17, 15) is 10.1 Å². The molecule has 2 atom stereocenters. The zero-order chi connectivity index (χ0) is 22.4. The van der Waals surface area contributed by atoms with E-state index in [0.29, 0.717) is 30.3 Å². The highest BCUT2D eigenvalue weighted by molar-refractivity contribution is 6.09. The van der Waals surface area contributed by atoms with Crippen LogP contribution in [-0.4, -0.2) is 41.5 Å². The van der Waals surface area contributed by atoms with E-state index in [4.69, 9.17) is 14.2 Å². The number of nitrogens with zero attached hydrogens (tertiary/aromatic N) is 4. The standard InChI is InChI=1S/C24H20N4O5/c29-28(30)16-7-5-15(6-8-16)25-26-21-9-20-19-3-1-2-4-22(19)27(11-17-12-31-17)23(20)10-24(21)33-14-18-13-32-18/h1-10,17-18H,11-14H2. The van der Waals surface area contributed by atoms with Crippen molar-refractivity contribution in [2.75, 3.05) is 19.8 Å². The number of para-hydroxylation sites is 1. The van der Waals surface area contributed by atoms with Crippen molar-refractivity contribution in [1.82, 2.24) is 4.57 Å². The molecule has 3 aromatic carbocycles. The number of nitro benzene ring substituents is 1. The molecule has 6 rings (SSSR count). The summed E-state index contributed by atoms with van der Waals surface area (Å²) in [6.45, 7) is 2.69. The second kappa shape index (κ2) is 7.95. The van der Waals surface area contributed by atoms with Gasteiger partial charge in [-0.15, -0.1) is 5.11 Å². The molecule has 9 heteroatoms. The highest BCUT2D eigenvalue weighted by Crippen LogP contribution is 2.39. The SMILES string of the molecule is O=[N+]([O-])c1ccc(N=Nc2cc3c4ccccc4n(CC4CO4)c3cc2OCC2CO2)cc1. The predicted molar refractivity (Wildman–Crippen MR) is 122 cm³/mol. The smallest absolute Gasteiger partial charge is 0.269 e. The van der Waals surface area contributed by atoms with E-state index in [1.807, 2.05) is 24.3 Å². The average molecular weight is 444 g/mol. The number of epoxide rings is 2. The van der Waals surface area contributed by atoms with Gasteiger partial charge in [-0.25, -0.2) is 0 Å². The van der Waals surface area contributed by atoms with Crippen molar-refractivity contribution >= 4 is 38.9 Å². The number of hydrogen-bond acceptors (Lipinski definition) is 7. The first-order chi connectivity index (χ1) is 16.2. The Morgan fingerprint density at radius 2 is 1.73 bits per heavy atom. The second-order valence-corrected chi connectivity index (χ2v) is 8.16. The number of ether oxygens (including phenoxy) is 3. The molecule has 0 radical (unpaired) electrons. The van der Waals surface area contributed by atoms with Gasteiger partial charge in [-0.05, 0) is 24.3 Å². The topological polar surface area (TPSA) is 107 Å². The Morgan fingerprint density at radius 3 is 2.45 bits per heavy atom. The molecule has 3 heterocycles. The molecule has 33 heavy (non-hydrogen) atoms. The summed E-state index contributed by atoms with van der Waals surface area (Å²) in [4.78, 5) is 10.4. The summed E-state index contributed by atoms with van der Waals surface area (Å²) in [5, 5.41) is 21.8. The molecule has 2 saturated heterocycles. The molecule has 166 valence electrons. The number of nitro groups is 1. The lowest BCUT2D eigenvalue weighted by molar-refractivity contribution is -0.384. The van der Waals surface area contributed by atoms with Gasteiger partial charge in [0.05, 0.1) is 42.0 Å². The quantitative estimate of drug-likeness (QED) is 0.159. The summed E-state index contributed by atoms with van der Waals surface area (Å²) >= 11 is 0. The number of fused-ring (bicyclic) bond motifs is 3. The van der Waals surface area contributed by atoms with E-state index >= 15 is 0 Å². The molecule has 2 aliphatic heterocycles. The van der Waals surface area contributed by atoms with Gasteiger partial charge in [-0.2, -0.15) is 5.11 Å². The lowest BCUT2D eigenvalue weighted by atomic mass is 10.1. The summed E-state index contributed by atoms with van der Waals surface area (Å²) in [5.74, 6) is 0.615. The monoisotopic (exact) mass is 444 g/mol. The van der Waals surface area contributed by atoms with Crippen molar-refractivity contribution in [3.8, 4) is 5.75 Å². The van der Waals surface area contributed by atoms with Gasteiger partial charge in [0, 0.05) is 34.5 Å². The van der Waals surface area contributed by atoms with Crippen molar-refractivity contribution in [3.63, 3.8) is 0 Å². The summed E-state index contributed by atoms with van der Waals surface area (Å²) < 4.78 is 19.1. The van der Waals surface area contributed by atoms with E-state index in [-0.39, 0.29) is 17.9 Å². The first-order valence-corrected chi connectivity index (χ1v) is 10.7. The van der Waals surface area contributed by atoms with Gasteiger partial charge in [0.1, 0.15) is 24.1 Å². The largest absolute Gasteiger partial charge is 0.488 e. The van der Waals surface area contributed by atoms with Crippen molar-refractivity contribution < 1.29 is 19.1 Å². The molecule has 1 aromatic heterocycles. The zero-order valence-corrected chi connectivity index (χ0v) is 17.6. The van der Waals surface area contributed by atoms with Gasteiger partial charge in [0.15, 0.2) is 0 Å². The molecule has 0 aliphatic carbocycles. The average Bonchev–Trinajstić information content (AvgIpc) is 3.76. The molecule has 0 bridgehead atoms. The minimum atomic E-state index is -0.441. The van der Waals surface area contributed by atoms with Crippen molar-refractivity contribution in [3.05, 3.63) is 70.8 Å². The Balaban J connectivity index is 1.44. The summed E-state index contributed by atoms with van der Waals surface area (Å²) in [6.07, 6.45) is 0.334. The molecule has 0 N–H and O–H groups in total. The molecule has 4 aromatic rings. The van der Waals surface area contributed by atoms with E-state index in [2.05, 4.69) is 26.9 Å². The molecule has 9 nitrogen and oxygen atoms in total. The fraction of sp³-hybridized carbons (Fsp3) is 0.250. The molecule has 0 saturated carbocycles. The fourth-order valence-corrected chi connectivity index (χ4v) is 3.93. The van der Waals surface area contributed by atoms with Gasteiger partial charge in [-0.3, -0.25) is 10.1 Å². The van der Waals surface area contributed by atoms with Crippen LogP contribution in [0.25, 0.3) is 21.8 Å². The van der Waals surface area contributed by atoms with Crippen LogP contribution in [0, 0.1) is 10.1 Å². The minimum absolute atomic E-state index is 0.0104. The van der Waals surface area contributed by atoms with Crippen LogP contribution in [0.2, 0.25) is 0 Å². The maximum atomic E-state index is 10.9. The van der Waals surface area contributed by atoms with Crippen LogP contribution in [0.1, 0.15) is 0 Å². The lowest BCUT2D eigenvalue weighted by Gasteiger charge is -2.10. The number of azo groups is 1. The fourth-order valence-electron chi connectivity index (χ4n) is 3.93. The molecular weight excluding hydrogens is 424 g/mol. The Kier molecular flexibility index (Phi) is 4.78. The first-order valence-electron chi connectivity index (χ1n) is 10.7. The Labute approximate surface area is 188 Å². The van der Waals surface area contributed by atoms with Crippen LogP contribution < -0.4 is 4.74 Å². The van der Waals surface area contributed by atoms with Crippen molar-refractivity contribution in [2.45, 2.75) is 18.8 Å². The van der Waals surface area contributed by atoms with Crippen LogP contribution in [0.4, 0.5) is 17.1 Å². The normalized spacial score (nSPS) is 19.4. The highest BCUT2D eigenvalue weighted by atomic mass is 16.6. The summed E-state index contributed by atoms with van der Waals surface area (Å²) in [7, 11) is 0. The van der Waals surface area contributed by atoms with Crippen LogP contribution in [0.15, 0.2) is 70.9 Å². The van der Waals surface area contributed by atoms with Gasteiger partial charge in [-0.1, -0.05) is 18.2 Å².